The van der Waals surface area contributed by atoms with Gasteiger partial charge < -0.3 is 0 Å². The maximum atomic E-state index is 13.2. The Bertz CT molecular complexity index is 192. The van der Waals surface area contributed by atoms with Crippen LogP contribution in [0.25, 0.3) is 0 Å². The molecular formula is C11H19F. The summed E-state index contributed by atoms with van der Waals surface area (Å²) in [5.41, 5.74) is 0.860. The third-order valence-corrected chi connectivity index (χ3v) is 2.11. The van der Waals surface area contributed by atoms with Gasteiger partial charge in [0, 0.05) is 0 Å². The Hall–Kier alpha value is -0.590. The molecule has 1 heteroatoms. The average molecular weight is 170 g/mol. The van der Waals surface area contributed by atoms with Crippen molar-refractivity contribution < 1.29 is 4.39 Å². The normalized spacial score (nSPS) is 15.2. The molecule has 0 N–H and O–H groups in total. The second kappa shape index (κ2) is 4.44. The van der Waals surface area contributed by atoms with Crippen LogP contribution in [0.5, 0.6) is 0 Å². The maximum Gasteiger partial charge on any atom is 0.126 e. The van der Waals surface area contributed by atoms with Gasteiger partial charge in [-0.3, -0.25) is 0 Å². The Morgan fingerprint density at radius 1 is 1.25 bits per heavy atom. The van der Waals surface area contributed by atoms with E-state index in [-0.39, 0.29) is 0 Å². The zero-order valence-electron chi connectivity index (χ0n) is 8.74. The van der Waals surface area contributed by atoms with E-state index in [2.05, 4.69) is 13.8 Å². The van der Waals surface area contributed by atoms with E-state index in [0.29, 0.717) is 0 Å². The Labute approximate surface area is 75.2 Å². The molecule has 12 heavy (non-hydrogen) atoms. The highest BCUT2D eigenvalue weighted by Gasteiger charge is 2.16. The molecule has 0 bridgehead atoms. The summed E-state index contributed by atoms with van der Waals surface area (Å²) in [5.74, 6) is 0. The van der Waals surface area contributed by atoms with Crippen molar-refractivity contribution in [2.75, 3.05) is 0 Å². The lowest BCUT2D eigenvalue weighted by Crippen LogP contribution is -2.12. The molecule has 0 aliphatic carbocycles. The summed E-state index contributed by atoms with van der Waals surface area (Å²) in [5, 5.41) is 0. The fraction of sp³-hybridized carbons (Fsp3) is 0.636. The molecule has 0 atom stereocenters. The van der Waals surface area contributed by atoms with Crippen LogP contribution in [-0.4, -0.2) is 5.67 Å². The lowest BCUT2D eigenvalue weighted by atomic mass is 10.0. The van der Waals surface area contributed by atoms with Crippen LogP contribution in [0.4, 0.5) is 4.39 Å². The van der Waals surface area contributed by atoms with Crippen molar-refractivity contribution in [2.24, 2.45) is 0 Å². The molecule has 0 saturated carbocycles. The summed E-state index contributed by atoms with van der Waals surface area (Å²) >= 11 is 0. The van der Waals surface area contributed by atoms with E-state index in [9.17, 15) is 4.39 Å². The van der Waals surface area contributed by atoms with Gasteiger partial charge in [-0.2, -0.15) is 0 Å². The Morgan fingerprint density at radius 2 is 1.75 bits per heavy atom. The van der Waals surface area contributed by atoms with Crippen LogP contribution in [0.15, 0.2) is 23.3 Å². The second-order valence-corrected chi connectivity index (χ2v) is 3.69. The average Bonchev–Trinajstić information content (AvgIpc) is 1.97. The van der Waals surface area contributed by atoms with Crippen LogP contribution in [0.3, 0.4) is 0 Å². The van der Waals surface area contributed by atoms with E-state index >= 15 is 0 Å². The maximum absolute atomic E-state index is 13.2. The summed E-state index contributed by atoms with van der Waals surface area (Å²) in [4.78, 5) is 0. The highest BCUT2D eigenvalue weighted by atomic mass is 19.1. The van der Waals surface area contributed by atoms with Gasteiger partial charge >= 0.3 is 0 Å². The molecular weight excluding hydrogens is 151 g/mol. The number of alkyl halides is 1. The number of rotatable bonds is 3. The SMILES string of the molecule is CC/C(C)=C/C=C(\C)C(C)(C)F. The van der Waals surface area contributed by atoms with Crippen molar-refractivity contribution in [3.63, 3.8) is 0 Å². The predicted molar refractivity (Wildman–Crippen MR) is 53.0 cm³/mol. The lowest BCUT2D eigenvalue weighted by Gasteiger charge is -2.13. The molecule has 0 unspecified atom stereocenters. The van der Waals surface area contributed by atoms with Crippen molar-refractivity contribution in [1.82, 2.24) is 0 Å². The summed E-state index contributed by atoms with van der Waals surface area (Å²) in [6, 6.07) is 0. The molecule has 0 heterocycles. The van der Waals surface area contributed by atoms with Crippen LogP contribution in [0.1, 0.15) is 41.0 Å². The zero-order chi connectivity index (χ0) is 9.78. The smallest absolute Gasteiger partial charge is 0.126 e. The first-order valence-electron chi connectivity index (χ1n) is 4.41. The van der Waals surface area contributed by atoms with Gasteiger partial charge in [-0.25, -0.2) is 4.39 Å². The minimum atomic E-state index is -1.19. The molecule has 0 nitrogen and oxygen atoms in total. The molecule has 0 aromatic heterocycles. The summed E-state index contributed by atoms with van der Waals surface area (Å²) < 4.78 is 13.2. The van der Waals surface area contributed by atoms with Gasteiger partial charge in [0.2, 0.25) is 0 Å². The predicted octanol–water partition coefficient (Wildman–Crippen LogP) is 4.04. The molecule has 0 aliphatic heterocycles. The molecule has 0 spiro atoms. The quantitative estimate of drug-likeness (QED) is 0.561. The van der Waals surface area contributed by atoms with Gasteiger partial charge in [-0.1, -0.05) is 24.6 Å². The molecule has 0 aromatic carbocycles. The number of halogens is 1. The minimum absolute atomic E-state index is 0.773. The molecule has 0 saturated heterocycles. The largest absolute Gasteiger partial charge is 0.240 e. The van der Waals surface area contributed by atoms with Crippen molar-refractivity contribution in [1.29, 1.82) is 0 Å². The Morgan fingerprint density at radius 3 is 2.08 bits per heavy atom. The number of hydrogen-bond donors (Lipinski definition) is 0. The third-order valence-electron chi connectivity index (χ3n) is 2.11. The van der Waals surface area contributed by atoms with Crippen LogP contribution in [0, 0.1) is 0 Å². The fourth-order valence-corrected chi connectivity index (χ4v) is 0.583. The monoisotopic (exact) mass is 170 g/mol. The van der Waals surface area contributed by atoms with Crippen LogP contribution in [0.2, 0.25) is 0 Å². The van der Waals surface area contributed by atoms with E-state index in [0.717, 1.165) is 12.0 Å². The molecule has 0 aromatic rings. The second-order valence-electron chi connectivity index (χ2n) is 3.69. The molecule has 0 fully saturated rings. The standard InChI is InChI=1S/C11H19F/c1-6-9(2)7-8-10(3)11(4,5)12/h7-8H,6H2,1-5H3/b9-7+,10-8+. The van der Waals surface area contributed by atoms with E-state index < -0.39 is 5.67 Å². The van der Waals surface area contributed by atoms with Gasteiger partial charge in [0.05, 0.1) is 0 Å². The molecule has 70 valence electrons. The summed E-state index contributed by atoms with van der Waals surface area (Å²) in [7, 11) is 0. The first-order chi connectivity index (χ1) is 5.38. The topological polar surface area (TPSA) is 0 Å². The van der Waals surface area contributed by atoms with Crippen molar-refractivity contribution in [3.8, 4) is 0 Å². The van der Waals surface area contributed by atoms with Crippen molar-refractivity contribution in [2.45, 2.75) is 46.7 Å². The first kappa shape index (κ1) is 11.4. The Kier molecular flexibility index (Phi) is 4.22. The van der Waals surface area contributed by atoms with Crippen LogP contribution in [-0.2, 0) is 0 Å². The first-order valence-corrected chi connectivity index (χ1v) is 4.41. The van der Waals surface area contributed by atoms with Gasteiger partial charge in [0.25, 0.3) is 0 Å². The van der Waals surface area contributed by atoms with Gasteiger partial charge in [0.1, 0.15) is 5.67 Å². The van der Waals surface area contributed by atoms with E-state index in [1.54, 1.807) is 13.8 Å². The number of hydrogen-bond acceptors (Lipinski definition) is 0. The lowest BCUT2D eigenvalue weighted by molar-refractivity contribution is 0.268. The Balaban J connectivity index is 4.39. The van der Waals surface area contributed by atoms with Crippen molar-refractivity contribution >= 4 is 0 Å². The van der Waals surface area contributed by atoms with Crippen LogP contribution >= 0.6 is 0 Å². The van der Waals surface area contributed by atoms with Crippen LogP contribution < -0.4 is 0 Å². The van der Waals surface area contributed by atoms with Gasteiger partial charge in [0.15, 0.2) is 0 Å². The minimum Gasteiger partial charge on any atom is -0.240 e. The molecule has 0 amide bonds. The van der Waals surface area contributed by atoms with Gasteiger partial charge in [-0.15, -0.1) is 0 Å². The zero-order valence-corrected chi connectivity index (χ0v) is 8.74. The summed E-state index contributed by atoms with van der Waals surface area (Å²) in [6.07, 6.45) is 4.87. The third kappa shape index (κ3) is 4.32. The van der Waals surface area contributed by atoms with Gasteiger partial charge in [-0.05, 0) is 39.7 Å². The molecule has 0 radical (unpaired) electrons. The highest BCUT2D eigenvalue weighted by Crippen LogP contribution is 2.19. The number of allylic oxidation sites excluding steroid dienone is 4. The van der Waals surface area contributed by atoms with E-state index in [1.165, 1.54) is 5.57 Å². The highest BCUT2D eigenvalue weighted by molar-refractivity contribution is 5.20. The molecule has 0 aliphatic rings. The summed E-state index contributed by atoms with van der Waals surface area (Å²) in [6.45, 7) is 9.12. The molecule has 0 rings (SSSR count). The van der Waals surface area contributed by atoms with E-state index in [4.69, 9.17) is 0 Å². The van der Waals surface area contributed by atoms with Crippen molar-refractivity contribution in [3.05, 3.63) is 23.3 Å². The fourth-order valence-electron chi connectivity index (χ4n) is 0.583. The van der Waals surface area contributed by atoms with E-state index in [1.807, 2.05) is 19.1 Å².